The van der Waals surface area contributed by atoms with E-state index in [9.17, 15) is 19.8 Å². The van der Waals surface area contributed by atoms with Crippen LogP contribution in [0.5, 0.6) is 0 Å². The molecular formula is C17H28N2O4. The highest BCUT2D eigenvalue weighted by atomic mass is 16.4. The van der Waals surface area contributed by atoms with Crippen LogP contribution < -0.4 is 11.1 Å². The van der Waals surface area contributed by atoms with E-state index in [1.165, 1.54) is 0 Å². The van der Waals surface area contributed by atoms with Gasteiger partial charge in [0, 0.05) is 25.2 Å². The summed E-state index contributed by atoms with van der Waals surface area (Å²) in [7, 11) is 0. The minimum absolute atomic E-state index is 0.00587. The maximum atomic E-state index is 11.9. The molecule has 1 unspecified atom stereocenters. The van der Waals surface area contributed by atoms with Crippen LogP contribution in [0.25, 0.3) is 0 Å². The standard InChI is InChI=1S/C17H28N2O4/c1-11-7-17(15(22)23,10-16(2,3)4)8-12(14(20)21)13(11)9-19-6-5-18/h7,19H,5-6,8-10,18H2,1-4H3,(H,20,21)(H,22,23). The minimum Gasteiger partial charge on any atom is -0.481 e. The lowest BCUT2D eigenvalue weighted by Crippen LogP contribution is -2.38. The first-order chi connectivity index (χ1) is 10.5. The van der Waals surface area contributed by atoms with Crippen molar-refractivity contribution in [1.29, 1.82) is 0 Å². The molecule has 1 atom stereocenters. The molecule has 0 heterocycles. The molecule has 0 aromatic carbocycles. The second-order valence-electron chi connectivity index (χ2n) is 7.43. The summed E-state index contributed by atoms with van der Waals surface area (Å²) < 4.78 is 0. The molecule has 1 aliphatic rings. The largest absolute Gasteiger partial charge is 0.481 e. The molecule has 0 spiro atoms. The number of nitrogens with one attached hydrogen (secondary N) is 1. The Kier molecular flexibility index (Phi) is 6.13. The van der Waals surface area contributed by atoms with Crippen molar-refractivity contribution in [2.24, 2.45) is 16.6 Å². The SMILES string of the molecule is CC1=CC(CC(C)(C)C)(C(=O)O)CC(C(=O)O)=C1CNCCN. The van der Waals surface area contributed by atoms with Crippen molar-refractivity contribution in [1.82, 2.24) is 5.32 Å². The fraction of sp³-hybridized carbons (Fsp3) is 0.647. The Morgan fingerprint density at radius 1 is 1.35 bits per heavy atom. The molecular weight excluding hydrogens is 296 g/mol. The van der Waals surface area contributed by atoms with Crippen LogP contribution in [0, 0.1) is 10.8 Å². The third-order valence-electron chi connectivity index (χ3n) is 3.98. The zero-order valence-electron chi connectivity index (χ0n) is 14.4. The van der Waals surface area contributed by atoms with Gasteiger partial charge in [0.1, 0.15) is 0 Å². The normalized spacial score (nSPS) is 22.0. The molecule has 1 aliphatic carbocycles. The highest BCUT2D eigenvalue weighted by Crippen LogP contribution is 2.45. The van der Waals surface area contributed by atoms with Gasteiger partial charge in [-0.3, -0.25) is 4.79 Å². The Bertz CT molecular complexity index is 543. The van der Waals surface area contributed by atoms with Crippen molar-refractivity contribution >= 4 is 11.9 Å². The number of rotatable bonds is 7. The summed E-state index contributed by atoms with van der Waals surface area (Å²) in [5.74, 6) is -2.03. The van der Waals surface area contributed by atoms with Gasteiger partial charge in [-0.25, -0.2) is 4.79 Å². The van der Waals surface area contributed by atoms with Crippen molar-refractivity contribution in [3.05, 3.63) is 22.8 Å². The van der Waals surface area contributed by atoms with Crippen molar-refractivity contribution in [2.75, 3.05) is 19.6 Å². The molecule has 6 nitrogen and oxygen atoms in total. The summed E-state index contributed by atoms with van der Waals surface area (Å²) in [5.41, 5.74) is 5.60. The Hall–Kier alpha value is -1.66. The average molecular weight is 324 g/mol. The van der Waals surface area contributed by atoms with E-state index in [0.29, 0.717) is 37.2 Å². The van der Waals surface area contributed by atoms with Crippen molar-refractivity contribution in [3.63, 3.8) is 0 Å². The molecule has 130 valence electrons. The third-order valence-corrected chi connectivity index (χ3v) is 3.98. The van der Waals surface area contributed by atoms with Gasteiger partial charge in [0.15, 0.2) is 0 Å². The van der Waals surface area contributed by atoms with E-state index >= 15 is 0 Å². The molecule has 0 saturated carbocycles. The van der Waals surface area contributed by atoms with Crippen molar-refractivity contribution in [3.8, 4) is 0 Å². The first-order valence-electron chi connectivity index (χ1n) is 7.82. The summed E-state index contributed by atoms with van der Waals surface area (Å²) in [6, 6.07) is 0. The van der Waals surface area contributed by atoms with Crippen LogP contribution >= 0.6 is 0 Å². The molecule has 0 fully saturated rings. The van der Waals surface area contributed by atoms with Crippen LogP contribution in [0.15, 0.2) is 22.8 Å². The Labute approximate surface area is 137 Å². The second kappa shape index (κ2) is 7.27. The monoisotopic (exact) mass is 324 g/mol. The molecule has 0 saturated heterocycles. The maximum Gasteiger partial charge on any atom is 0.331 e. The molecule has 0 radical (unpaired) electrons. The molecule has 0 aliphatic heterocycles. The predicted molar refractivity (Wildman–Crippen MR) is 89.1 cm³/mol. The Morgan fingerprint density at radius 3 is 2.39 bits per heavy atom. The Morgan fingerprint density at radius 2 is 1.96 bits per heavy atom. The Balaban J connectivity index is 3.25. The highest BCUT2D eigenvalue weighted by molar-refractivity contribution is 5.92. The summed E-state index contributed by atoms with van der Waals surface area (Å²) in [6.07, 6.45) is 2.12. The van der Waals surface area contributed by atoms with Crippen molar-refractivity contribution < 1.29 is 19.8 Å². The first kappa shape index (κ1) is 19.4. The van der Waals surface area contributed by atoms with E-state index < -0.39 is 17.4 Å². The van der Waals surface area contributed by atoms with E-state index in [1.54, 1.807) is 13.0 Å². The molecule has 0 amide bonds. The lowest BCUT2D eigenvalue weighted by molar-refractivity contribution is -0.148. The van der Waals surface area contributed by atoms with Gasteiger partial charge in [-0.1, -0.05) is 26.8 Å². The van der Waals surface area contributed by atoms with Gasteiger partial charge in [0.2, 0.25) is 0 Å². The van der Waals surface area contributed by atoms with E-state index in [0.717, 1.165) is 0 Å². The van der Waals surface area contributed by atoms with Gasteiger partial charge in [0.25, 0.3) is 0 Å². The fourth-order valence-electron chi connectivity index (χ4n) is 3.25. The minimum atomic E-state index is -1.17. The second-order valence-corrected chi connectivity index (χ2v) is 7.43. The number of hydrogen-bond acceptors (Lipinski definition) is 4. The van der Waals surface area contributed by atoms with Crippen LogP contribution in [-0.2, 0) is 9.59 Å². The predicted octanol–water partition coefficient (Wildman–Crippen LogP) is 1.77. The topological polar surface area (TPSA) is 113 Å². The van der Waals surface area contributed by atoms with E-state index in [2.05, 4.69) is 5.32 Å². The van der Waals surface area contributed by atoms with E-state index in [1.807, 2.05) is 20.8 Å². The van der Waals surface area contributed by atoms with Gasteiger partial charge in [-0.15, -0.1) is 0 Å². The smallest absolute Gasteiger partial charge is 0.331 e. The van der Waals surface area contributed by atoms with Crippen LogP contribution in [0.1, 0.15) is 40.5 Å². The fourth-order valence-corrected chi connectivity index (χ4v) is 3.25. The summed E-state index contributed by atoms with van der Waals surface area (Å²) >= 11 is 0. The number of carboxylic acid groups (broad SMARTS) is 2. The van der Waals surface area contributed by atoms with Crippen LogP contribution in [0.4, 0.5) is 0 Å². The zero-order chi connectivity index (χ0) is 17.8. The first-order valence-corrected chi connectivity index (χ1v) is 7.82. The number of nitrogens with two attached hydrogens (primary N) is 1. The quantitative estimate of drug-likeness (QED) is 0.531. The van der Waals surface area contributed by atoms with Crippen LogP contribution in [0.2, 0.25) is 0 Å². The summed E-state index contributed by atoms with van der Waals surface area (Å²) in [4.78, 5) is 23.6. The zero-order valence-corrected chi connectivity index (χ0v) is 14.4. The van der Waals surface area contributed by atoms with Crippen molar-refractivity contribution in [2.45, 2.75) is 40.5 Å². The maximum absolute atomic E-state index is 11.9. The molecule has 0 aromatic rings. The highest BCUT2D eigenvalue weighted by Gasteiger charge is 2.44. The van der Waals surface area contributed by atoms with E-state index in [-0.39, 0.29) is 17.4 Å². The van der Waals surface area contributed by atoms with Crippen LogP contribution in [0.3, 0.4) is 0 Å². The number of carboxylic acids is 2. The molecule has 0 bridgehead atoms. The molecule has 23 heavy (non-hydrogen) atoms. The molecule has 0 aromatic heterocycles. The lowest BCUT2D eigenvalue weighted by Gasteiger charge is -2.37. The number of carbonyl (C=O) groups is 2. The molecule has 5 N–H and O–H groups in total. The molecule has 6 heteroatoms. The third kappa shape index (κ3) is 4.91. The molecule has 1 rings (SSSR count). The van der Waals surface area contributed by atoms with Gasteiger partial charge < -0.3 is 21.3 Å². The number of aliphatic carboxylic acids is 2. The van der Waals surface area contributed by atoms with E-state index in [4.69, 9.17) is 5.73 Å². The number of hydrogen-bond donors (Lipinski definition) is 4. The van der Waals surface area contributed by atoms with Crippen LogP contribution in [-0.4, -0.2) is 41.8 Å². The summed E-state index contributed by atoms with van der Waals surface area (Å²) in [5, 5.41) is 22.4. The van der Waals surface area contributed by atoms with Gasteiger partial charge in [-0.2, -0.15) is 0 Å². The van der Waals surface area contributed by atoms with Gasteiger partial charge in [0.05, 0.1) is 5.41 Å². The summed E-state index contributed by atoms with van der Waals surface area (Å²) in [6.45, 7) is 9.08. The average Bonchev–Trinajstić information content (AvgIpc) is 2.38. The van der Waals surface area contributed by atoms with Gasteiger partial charge >= 0.3 is 11.9 Å². The van der Waals surface area contributed by atoms with Gasteiger partial charge in [-0.05, 0) is 36.3 Å². The lowest BCUT2D eigenvalue weighted by atomic mass is 9.66.